The number of hydrogen-bond acceptors (Lipinski definition) is 2. The lowest BCUT2D eigenvalue weighted by molar-refractivity contribution is 0.0928. The first kappa shape index (κ1) is 17.1. The van der Waals surface area contributed by atoms with Crippen LogP contribution in [0, 0.1) is 12.8 Å². The Bertz CT molecular complexity index is 521. The van der Waals surface area contributed by atoms with E-state index in [1.165, 1.54) is 0 Å². The number of hydrogen-bond donors (Lipinski definition) is 1. The number of benzene rings is 1. The molecule has 0 radical (unpaired) electrons. The summed E-state index contributed by atoms with van der Waals surface area (Å²) in [6, 6.07) is 6.12. The summed E-state index contributed by atoms with van der Waals surface area (Å²) in [7, 11) is 0. The fourth-order valence-electron chi connectivity index (χ4n) is 3.11. The number of carboxylic acid groups (broad SMARTS) is 1. The second-order valence-corrected chi connectivity index (χ2v) is 6.92. The topological polar surface area (TPSA) is 49.8 Å². The highest BCUT2D eigenvalue weighted by atomic mass is 79.9. The van der Waals surface area contributed by atoms with Crippen molar-refractivity contribution in [2.45, 2.75) is 45.6 Å². The number of carbonyl (C=O) groups is 1. The van der Waals surface area contributed by atoms with E-state index >= 15 is 0 Å². The molecule has 1 aromatic carbocycles. The highest BCUT2D eigenvalue weighted by molar-refractivity contribution is 9.10. The van der Waals surface area contributed by atoms with Crippen LogP contribution in [-0.4, -0.2) is 35.3 Å². The first-order valence-electron chi connectivity index (χ1n) is 7.86. The van der Waals surface area contributed by atoms with Gasteiger partial charge in [-0.3, -0.25) is 0 Å². The summed E-state index contributed by atoms with van der Waals surface area (Å²) >= 11 is 3.51. The van der Waals surface area contributed by atoms with Gasteiger partial charge in [-0.1, -0.05) is 22.0 Å². The predicted octanol–water partition coefficient (Wildman–Crippen LogP) is 4.70. The summed E-state index contributed by atoms with van der Waals surface area (Å²) in [5.74, 6) is 1.54. The average Bonchev–Trinajstić information content (AvgIpc) is 2.47. The lowest BCUT2D eigenvalue weighted by Gasteiger charge is -2.35. The van der Waals surface area contributed by atoms with E-state index in [0.29, 0.717) is 19.1 Å². The summed E-state index contributed by atoms with van der Waals surface area (Å²) in [5, 5.41) is 9.09. The molecule has 0 aliphatic carbocycles. The van der Waals surface area contributed by atoms with Crippen molar-refractivity contribution in [2.24, 2.45) is 5.92 Å². The number of rotatable bonds is 5. The summed E-state index contributed by atoms with van der Waals surface area (Å²) in [5.41, 5.74) is 1.13. The Morgan fingerprint density at radius 2 is 2.27 bits per heavy atom. The molecule has 1 heterocycles. The van der Waals surface area contributed by atoms with Gasteiger partial charge < -0.3 is 14.7 Å². The summed E-state index contributed by atoms with van der Waals surface area (Å²) in [6.07, 6.45) is 3.25. The van der Waals surface area contributed by atoms with E-state index < -0.39 is 6.09 Å². The standard InChI is InChI=1S/C17H24BrNO3/c1-12-11-14(8-9-19(12)17(20)21)5-4-10-22-16-7-3-6-15(18)13(16)2/h3,6-7,12,14H,4-5,8-11H2,1-2H3,(H,20,21). The zero-order valence-electron chi connectivity index (χ0n) is 13.2. The SMILES string of the molecule is Cc1c(Br)cccc1OCCCC1CCN(C(=O)O)C(C)C1. The van der Waals surface area contributed by atoms with Gasteiger partial charge in [0.2, 0.25) is 0 Å². The second kappa shape index (κ2) is 7.86. The van der Waals surface area contributed by atoms with Gasteiger partial charge in [-0.25, -0.2) is 4.79 Å². The molecule has 0 aromatic heterocycles. The normalized spacial score (nSPS) is 21.7. The van der Waals surface area contributed by atoms with Gasteiger partial charge in [-0.05, 0) is 57.6 Å². The number of nitrogens with zero attached hydrogens (tertiary/aromatic N) is 1. The summed E-state index contributed by atoms with van der Waals surface area (Å²) in [4.78, 5) is 12.6. The number of piperidine rings is 1. The Kier molecular flexibility index (Phi) is 6.12. The van der Waals surface area contributed by atoms with Crippen LogP contribution in [0.2, 0.25) is 0 Å². The second-order valence-electron chi connectivity index (χ2n) is 6.07. The number of ether oxygens (including phenoxy) is 1. The van der Waals surface area contributed by atoms with Crippen LogP contribution in [0.4, 0.5) is 4.79 Å². The highest BCUT2D eigenvalue weighted by Crippen LogP contribution is 2.28. The molecule has 1 aliphatic rings. The van der Waals surface area contributed by atoms with E-state index in [0.717, 1.165) is 41.5 Å². The predicted molar refractivity (Wildman–Crippen MR) is 90.5 cm³/mol. The highest BCUT2D eigenvalue weighted by Gasteiger charge is 2.28. The van der Waals surface area contributed by atoms with Crippen LogP contribution in [0.25, 0.3) is 0 Å². The fraction of sp³-hybridized carbons (Fsp3) is 0.588. The van der Waals surface area contributed by atoms with Gasteiger partial charge in [0.05, 0.1) is 6.61 Å². The Hall–Kier alpha value is -1.23. The molecule has 1 N–H and O–H groups in total. The van der Waals surface area contributed by atoms with Crippen LogP contribution in [0.3, 0.4) is 0 Å². The molecule has 1 fully saturated rings. The number of amides is 1. The van der Waals surface area contributed by atoms with E-state index in [1.807, 2.05) is 32.0 Å². The molecule has 0 bridgehead atoms. The van der Waals surface area contributed by atoms with Gasteiger partial charge >= 0.3 is 6.09 Å². The molecular formula is C17H24BrNO3. The van der Waals surface area contributed by atoms with Gasteiger partial charge in [0, 0.05) is 22.6 Å². The largest absolute Gasteiger partial charge is 0.493 e. The molecule has 1 aliphatic heterocycles. The van der Waals surface area contributed by atoms with E-state index in [-0.39, 0.29) is 6.04 Å². The van der Waals surface area contributed by atoms with Crippen molar-refractivity contribution in [3.05, 3.63) is 28.2 Å². The van der Waals surface area contributed by atoms with Crippen LogP contribution < -0.4 is 4.74 Å². The first-order chi connectivity index (χ1) is 10.5. The van der Waals surface area contributed by atoms with Crippen molar-refractivity contribution in [1.29, 1.82) is 0 Å². The van der Waals surface area contributed by atoms with Gasteiger partial charge in [-0.15, -0.1) is 0 Å². The lowest BCUT2D eigenvalue weighted by atomic mass is 9.88. The number of halogens is 1. The van der Waals surface area contributed by atoms with Crippen LogP contribution in [0.5, 0.6) is 5.75 Å². The third-order valence-electron chi connectivity index (χ3n) is 4.46. The smallest absolute Gasteiger partial charge is 0.407 e. The molecule has 1 saturated heterocycles. The minimum atomic E-state index is -0.792. The van der Waals surface area contributed by atoms with Crippen molar-refractivity contribution in [2.75, 3.05) is 13.2 Å². The average molecular weight is 370 g/mol. The molecule has 2 unspecified atom stereocenters. The van der Waals surface area contributed by atoms with Crippen molar-refractivity contribution < 1.29 is 14.6 Å². The molecule has 0 spiro atoms. The minimum Gasteiger partial charge on any atom is -0.493 e. The molecule has 2 atom stereocenters. The zero-order chi connectivity index (χ0) is 16.1. The van der Waals surface area contributed by atoms with E-state index in [2.05, 4.69) is 15.9 Å². The van der Waals surface area contributed by atoms with Gasteiger partial charge in [0.25, 0.3) is 0 Å². The molecule has 122 valence electrons. The molecule has 4 nitrogen and oxygen atoms in total. The van der Waals surface area contributed by atoms with Crippen molar-refractivity contribution in [3.63, 3.8) is 0 Å². The van der Waals surface area contributed by atoms with Gasteiger partial charge in [0.15, 0.2) is 0 Å². The summed E-state index contributed by atoms with van der Waals surface area (Å²) < 4.78 is 6.93. The maximum absolute atomic E-state index is 11.1. The molecule has 22 heavy (non-hydrogen) atoms. The Balaban J connectivity index is 1.71. The van der Waals surface area contributed by atoms with E-state index in [9.17, 15) is 4.79 Å². The molecular weight excluding hydrogens is 346 g/mol. The Morgan fingerprint density at radius 3 is 2.95 bits per heavy atom. The molecule has 2 rings (SSSR count). The van der Waals surface area contributed by atoms with Crippen LogP contribution in [-0.2, 0) is 0 Å². The third-order valence-corrected chi connectivity index (χ3v) is 5.32. The van der Waals surface area contributed by atoms with Crippen molar-refractivity contribution in [3.8, 4) is 5.75 Å². The quantitative estimate of drug-likeness (QED) is 0.765. The molecule has 5 heteroatoms. The van der Waals surface area contributed by atoms with Crippen LogP contribution in [0.1, 0.15) is 38.2 Å². The van der Waals surface area contributed by atoms with E-state index in [4.69, 9.17) is 9.84 Å². The Labute approximate surface area is 140 Å². The fourth-order valence-corrected chi connectivity index (χ4v) is 3.46. The monoisotopic (exact) mass is 369 g/mol. The van der Waals surface area contributed by atoms with Crippen LogP contribution in [0.15, 0.2) is 22.7 Å². The molecule has 1 aromatic rings. The number of likely N-dealkylation sites (tertiary alicyclic amines) is 1. The molecule has 1 amide bonds. The Morgan fingerprint density at radius 1 is 1.50 bits per heavy atom. The van der Waals surface area contributed by atoms with Crippen molar-refractivity contribution >= 4 is 22.0 Å². The maximum Gasteiger partial charge on any atom is 0.407 e. The third kappa shape index (κ3) is 4.38. The van der Waals surface area contributed by atoms with Gasteiger partial charge in [0.1, 0.15) is 5.75 Å². The van der Waals surface area contributed by atoms with E-state index in [1.54, 1.807) is 4.90 Å². The zero-order valence-corrected chi connectivity index (χ0v) is 14.8. The lowest BCUT2D eigenvalue weighted by Crippen LogP contribution is -2.43. The van der Waals surface area contributed by atoms with Crippen molar-refractivity contribution in [1.82, 2.24) is 4.90 Å². The maximum atomic E-state index is 11.1. The first-order valence-corrected chi connectivity index (χ1v) is 8.65. The molecule has 0 saturated carbocycles. The van der Waals surface area contributed by atoms with Crippen LogP contribution >= 0.6 is 15.9 Å². The minimum absolute atomic E-state index is 0.129. The van der Waals surface area contributed by atoms with Gasteiger partial charge in [-0.2, -0.15) is 0 Å². The summed E-state index contributed by atoms with van der Waals surface area (Å²) in [6.45, 7) is 5.42.